The van der Waals surface area contributed by atoms with Crippen LogP contribution in [0.3, 0.4) is 0 Å². The van der Waals surface area contributed by atoms with Crippen LogP contribution in [0.5, 0.6) is 0 Å². The molecule has 136 valence electrons. The summed E-state index contributed by atoms with van der Waals surface area (Å²) in [5.41, 5.74) is 1.66. The van der Waals surface area contributed by atoms with Crippen LogP contribution < -0.4 is 10.2 Å². The minimum absolute atomic E-state index is 0.0839. The first-order valence-corrected chi connectivity index (χ1v) is 9.14. The fourth-order valence-electron chi connectivity index (χ4n) is 2.71. The van der Waals surface area contributed by atoms with Crippen LogP contribution in [-0.2, 0) is 9.53 Å². The third kappa shape index (κ3) is 4.57. The van der Waals surface area contributed by atoms with E-state index in [0.29, 0.717) is 5.69 Å². The molecule has 3 rings (SSSR count). The van der Waals surface area contributed by atoms with Crippen molar-refractivity contribution in [2.75, 3.05) is 29.9 Å². The number of halogens is 1. The Balaban J connectivity index is 1.52. The molecule has 0 spiro atoms. The Bertz CT molecular complexity index is 805. The smallest absolute Gasteiger partial charge is 0.359 e. The van der Waals surface area contributed by atoms with Gasteiger partial charge in [0.2, 0.25) is 0 Å². The Morgan fingerprint density at radius 3 is 2.62 bits per heavy atom. The number of amides is 1. The summed E-state index contributed by atoms with van der Waals surface area (Å²) in [5, 5.41) is 10.7. The average Bonchev–Trinajstić information content (AvgIpc) is 3.17. The molecule has 26 heavy (non-hydrogen) atoms. The van der Waals surface area contributed by atoms with Gasteiger partial charge in [-0.2, -0.15) is 0 Å². The SMILES string of the molecule is Cc1cc(Br)ccc1NC(=O)COC(=O)c1ccc(N2CCCC2)nn1. The molecular weight excluding hydrogens is 400 g/mol. The molecule has 1 aliphatic heterocycles. The van der Waals surface area contributed by atoms with Crippen molar-refractivity contribution in [1.29, 1.82) is 0 Å². The molecule has 1 saturated heterocycles. The highest BCUT2D eigenvalue weighted by Gasteiger charge is 2.17. The Hall–Kier alpha value is -2.48. The van der Waals surface area contributed by atoms with Gasteiger partial charge in [-0.15, -0.1) is 10.2 Å². The zero-order valence-electron chi connectivity index (χ0n) is 14.4. The lowest BCUT2D eigenvalue weighted by Crippen LogP contribution is -2.22. The highest BCUT2D eigenvalue weighted by atomic mass is 79.9. The summed E-state index contributed by atoms with van der Waals surface area (Å²) in [6.45, 7) is 3.40. The second kappa shape index (κ2) is 8.27. The van der Waals surface area contributed by atoms with Crippen molar-refractivity contribution in [3.63, 3.8) is 0 Å². The molecule has 0 bridgehead atoms. The van der Waals surface area contributed by atoms with Crippen molar-refractivity contribution in [3.05, 3.63) is 46.1 Å². The summed E-state index contributed by atoms with van der Waals surface area (Å²) in [4.78, 5) is 26.1. The number of hydrogen-bond acceptors (Lipinski definition) is 6. The number of aryl methyl sites for hydroxylation is 1. The highest BCUT2D eigenvalue weighted by molar-refractivity contribution is 9.10. The molecule has 8 heteroatoms. The van der Waals surface area contributed by atoms with Crippen LogP contribution >= 0.6 is 15.9 Å². The van der Waals surface area contributed by atoms with Crippen molar-refractivity contribution >= 4 is 39.3 Å². The third-order valence-corrected chi connectivity index (χ3v) is 4.58. The van der Waals surface area contributed by atoms with Gasteiger partial charge in [-0.1, -0.05) is 15.9 Å². The predicted molar refractivity (Wildman–Crippen MR) is 101 cm³/mol. The van der Waals surface area contributed by atoms with Gasteiger partial charge in [-0.3, -0.25) is 4.79 Å². The number of esters is 1. The van der Waals surface area contributed by atoms with Crippen molar-refractivity contribution < 1.29 is 14.3 Å². The molecular formula is C18H19BrN4O3. The van der Waals surface area contributed by atoms with Crippen molar-refractivity contribution in [2.24, 2.45) is 0 Å². The number of aromatic nitrogens is 2. The van der Waals surface area contributed by atoms with Crippen LogP contribution in [0.15, 0.2) is 34.8 Å². The van der Waals surface area contributed by atoms with E-state index in [0.717, 1.165) is 41.8 Å². The van der Waals surface area contributed by atoms with E-state index in [9.17, 15) is 9.59 Å². The minimum atomic E-state index is -0.673. The molecule has 7 nitrogen and oxygen atoms in total. The molecule has 0 unspecified atom stereocenters. The molecule has 1 aromatic carbocycles. The molecule has 1 N–H and O–H groups in total. The Morgan fingerprint density at radius 2 is 1.96 bits per heavy atom. The van der Waals surface area contributed by atoms with Crippen molar-refractivity contribution in [2.45, 2.75) is 19.8 Å². The van der Waals surface area contributed by atoms with Crippen LogP contribution in [0.1, 0.15) is 28.9 Å². The number of anilines is 2. The number of nitrogens with one attached hydrogen (secondary N) is 1. The van der Waals surface area contributed by atoms with Crippen LogP contribution in [0, 0.1) is 6.92 Å². The Morgan fingerprint density at radius 1 is 1.19 bits per heavy atom. The lowest BCUT2D eigenvalue weighted by atomic mass is 10.2. The first kappa shape index (κ1) is 18.3. The summed E-state index contributed by atoms with van der Waals surface area (Å²) in [5.74, 6) is -0.332. The number of benzene rings is 1. The summed E-state index contributed by atoms with van der Waals surface area (Å²) >= 11 is 3.37. The van der Waals surface area contributed by atoms with Crippen LogP contribution in [0.2, 0.25) is 0 Å². The quantitative estimate of drug-likeness (QED) is 0.751. The van der Waals surface area contributed by atoms with E-state index in [2.05, 4.69) is 36.3 Å². The van der Waals surface area contributed by atoms with E-state index in [4.69, 9.17) is 4.74 Å². The van der Waals surface area contributed by atoms with Gasteiger partial charge in [0.25, 0.3) is 5.91 Å². The van der Waals surface area contributed by atoms with Gasteiger partial charge in [-0.25, -0.2) is 4.79 Å². The monoisotopic (exact) mass is 418 g/mol. The molecule has 0 atom stereocenters. The summed E-state index contributed by atoms with van der Waals surface area (Å²) in [7, 11) is 0. The zero-order chi connectivity index (χ0) is 18.5. The van der Waals surface area contributed by atoms with E-state index < -0.39 is 11.9 Å². The first-order chi connectivity index (χ1) is 12.5. The van der Waals surface area contributed by atoms with E-state index in [1.54, 1.807) is 18.2 Å². The molecule has 0 radical (unpaired) electrons. The lowest BCUT2D eigenvalue weighted by Gasteiger charge is -2.15. The summed E-state index contributed by atoms with van der Waals surface area (Å²) in [6.07, 6.45) is 2.27. The number of nitrogens with zero attached hydrogens (tertiary/aromatic N) is 3. The van der Waals surface area contributed by atoms with Gasteiger partial charge >= 0.3 is 5.97 Å². The fourth-order valence-corrected chi connectivity index (χ4v) is 3.18. The zero-order valence-corrected chi connectivity index (χ0v) is 16.0. The van der Waals surface area contributed by atoms with Crippen molar-refractivity contribution in [3.8, 4) is 0 Å². The predicted octanol–water partition coefficient (Wildman–Crippen LogP) is 2.94. The maximum absolute atomic E-state index is 12.0. The maximum Gasteiger partial charge on any atom is 0.359 e. The Kier molecular flexibility index (Phi) is 5.82. The van der Waals surface area contributed by atoms with Gasteiger partial charge in [0.05, 0.1) is 0 Å². The normalized spacial score (nSPS) is 13.5. The van der Waals surface area contributed by atoms with E-state index in [-0.39, 0.29) is 12.3 Å². The molecule has 2 aromatic rings. The van der Waals surface area contributed by atoms with Gasteiger partial charge in [-0.05, 0) is 55.7 Å². The van der Waals surface area contributed by atoms with Gasteiger partial charge in [0.1, 0.15) is 0 Å². The van der Waals surface area contributed by atoms with E-state index >= 15 is 0 Å². The number of rotatable bonds is 5. The molecule has 1 amide bonds. The van der Waals surface area contributed by atoms with Gasteiger partial charge in [0.15, 0.2) is 18.1 Å². The second-order valence-electron chi connectivity index (χ2n) is 6.05. The number of carbonyl (C=O) groups excluding carboxylic acids is 2. The number of hydrogen-bond donors (Lipinski definition) is 1. The van der Waals surface area contributed by atoms with Gasteiger partial charge in [0, 0.05) is 23.2 Å². The Labute approximate surface area is 159 Å². The largest absolute Gasteiger partial charge is 0.451 e. The fraction of sp³-hybridized carbons (Fsp3) is 0.333. The topological polar surface area (TPSA) is 84.4 Å². The standard InChI is InChI=1S/C18H19BrN4O3/c1-12-10-13(19)4-5-14(12)20-17(24)11-26-18(25)15-6-7-16(22-21-15)23-8-2-3-9-23/h4-7,10H,2-3,8-9,11H2,1H3,(H,20,24). The summed E-state index contributed by atoms with van der Waals surface area (Å²) in [6, 6.07) is 8.81. The van der Waals surface area contributed by atoms with Crippen molar-refractivity contribution in [1.82, 2.24) is 10.2 Å². The first-order valence-electron chi connectivity index (χ1n) is 8.35. The maximum atomic E-state index is 12.0. The van der Waals surface area contributed by atoms with E-state index in [1.807, 2.05) is 19.1 Å². The number of carbonyl (C=O) groups is 2. The third-order valence-electron chi connectivity index (χ3n) is 4.09. The highest BCUT2D eigenvalue weighted by Crippen LogP contribution is 2.20. The van der Waals surface area contributed by atoms with E-state index in [1.165, 1.54) is 0 Å². The molecule has 2 heterocycles. The van der Waals surface area contributed by atoms with Crippen LogP contribution in [0.25, 0.3) is 0 Å². The van der Waals surface area contributed by atoms with Crippen LogP contribution in [0.4, 0.5) is 11.5 Å². The molecule has 1 aliphatic rings. The van der Waals surface area contributed by atoms with Gasteiger partial charge < -0.3 is 15.0 Å². The lowest BCUT2D eigenvalue weighted by molar-refractivity contribution is -0.119. The molecule has 0 aliphatic carbocycles. The minimum Gasteiger partial charge on any atom is -0.451 e. The molecule has 1 aromatic heterocycles. The average molecular weight is 419 g/mol. The summed E-state index contributed by atoms with van der Waals surface area (Å²) < 4.78 is 5.94. The molecule has 1 fully saturated rings. The molecule has 0 saturated carbocycles. The van der Waals surface area contributed by atoms with Crippen LogP contribution in [-0.4, -0.2) is 41.8 Å². The second-order valence-corrected chi connectivity index (χ2v) is 6.97. The number of ether oxygens (including phenoxy) is 1.